The second-order valence-corrected chi connectivity index (χ2v) is 6.18. The molecule has 1 saturated heterocycles. The van der Waals surface area contributed by atoms with E-state index in [9.17, 15) is 0 Å². The second kappa shape index (κ2) is 4.56. The molecule has 1 aliphatic rings. The minimum absolute atomic E-state index is 0.144. The van der Waals surface area contributed by atoms with E-state index in [1.807, 2.05) is 0 Å². The standard InChI is InChI=1S/C10H21Cl2N2/c1-10(2,13(11)12)9-14(3)7-5-4-6-8-14/h4-9H2,1-3H3/q+1. The Morgan fingerprint density at radius 3 is 2.07 bits per heavy atom. The predicted octanol–water partition coefficient (Wildman–Crippen LogP) is 3.01. The number of rotatable bonds is 3. The van der Waals surface area contributed by atoms with Crippen LogP contribution in [0, 0.1) is 0 Å². The molecule has 0 radical (unpaired) electrons. The molecule has 0 spiro atoms. The molecule has 0 aromatic carbocycles. The van der Waals surface area contributed by atoms with Crippen LogP contribution in [-0.2, 0) is 0 Å². The molecule has 0 saturated carbocycles. The Labute approximate surface area is 97.6 Å². The maximum absolute atomic E-state index is 5.84. The Balaban J connectivity index is 2.56. The van der Waals surface area contributed by atoms with Gasteiger partial charge in [0.1, 0.15) is 0 Å². The number of piperidine rings is 1. The van der Waals surface area contributed by atoms with E-state index < -0.39 is 0 Å². The summed E-state index contributed by atoms with van der Waals surface area (Å²) < 4.78 is 2.40. The van der Waals surface area contributed by atoms with Crippen LogP contribution in [0.5, 0.6) is 0 Å². The van der Waals surface area contributed by atoms with E-state index in [0.29, 0.717) is 0 Å². The van der Waals surface area contributed by atoms with Crippen molar-refractivity contribution in [1.29, 1.82) is 0 Å². The fourth-order valence-corrected chi connectivity index (χ4v) is 2.53. The number of nitrogens with zero attached hydrogens (tertiary/aromatic N) is 2. The number of likely N-dealkylation sites (N-methyl/N-ethyl adjacent to an activating group) is 1. The van der Waals surface area contributed by atoms with Crippen molar-refractivity contribution in [3.05, 3.63) is 0 Å². The van der Waals surface area contributed by atoms with Gasteiger partial charge in [-0.2, -0.15) is 0 Å². The fraction of sp³-hybridized carbons (Fsp3) is 1.00. The van der Waals surface area contributed by atoms with Gasteiger partial charge in [-0.05, 0) is 56.7 Å². The molecule has 1 rings (SSSR count). The molecule has 1 heterocycles. The third-order valence-electron chi connectivity index (χ3n) is 3.12. The van der Waals surface area contributed by atoms with E-state index in [1.165, 1.54) is 36.3 Å². The number of quaternary nitrogens is 1. The van der Waals surface area contributed by atoms with Crippen LogP contribution in [0.3, 0.4) is 0 Å². The Morgan fingerprint density at radius 2 is 1.64 bits per heavy atom. The van der Waals surface area contributed by atoms with E-state index in [1.54, 1.807) is 0 Å². The maximum atomic E-state index is 5.84. The summed E-state index contributed by atoms with van der Waals surface area (Å²) in [6, 6.07) is 0. The van der Waals surface area contributed by atoms with Gasteiger partial charge in [0.15, 0.2) is 0 Å². The summed E-state index contributed by atoms with van der Waals surface area (Å²) >= 11 is 11.7. The number of halogens is 2. The zero-order valence-corrected chi connectivity index (χ0v) is 10.9. The Kier molecular flexibility index (Phi) is 4.10. The van der Waals surface area contributed by atoms with E-state index in [4.69, 9.17) is 23.6 Å². The van der Waals surface area contributed by atoms with Gasteiger partial charge in [-0.1, -0.05) is 0 Å². The minimum Gasteiger partial charge on any atom is -0.324 e. The molecule has 1 fully saturated rings. The fourth-order valence-electron chi connectivity index (χ4n) is 2.42. The van der Waals surface area contributed by atoms with Crippen molar-refractivity contribution in [1.82, 2.24) is 3.94 Å². The van der Waals surface area contributed by atoms with Gasteiger partial charge in [0.2, 0.25) is 0 Å². The highest BCUT2D eigenvalue weighted by molar-refractivity contribution is 6.34. The molecule has 1 aliphatic heterocycles. The van der Waals surface area contributed by atoms with Crippen molar-refractivity contribution in [3.63, 3.8) is 0 Å². The summed E-state index contributed by atoms with van der Waals surface area (Å²) in [5.41, 5.74) is -0.144. The number of likely N-dealkylation sites (tertiary alicyclic amines) is 1. The number of hydrogen-bond donors (Lipinski definition) is 0. The van der Waals surface area contributed by atoms with Gasteiger partial charge in [-0.15, -0.1) is 3.94 Å². The summed E-state index contributed by atoms with van der Waals surface area (Å²) in [7, 11) is 2.30. The van der Waals surface area contributed by atoms with Crippen molar-refractivity contribution < 1.29 is 4.48 Å². The average molecular weight is 240 g/mol. The first-order valence-corrected chi connectivity index (χ1v) is 5.99. The van der Waals surface area contributed by atoms with Gasteiger partial charge in [0, 0.05) is 0 Å². The van der Waals surface area contributed by atoms with Gasteiger partial charge in [0.25, 0.3) is 0 Å². The molecule has 0 aliphatic carbocycles. The molecule has 4 heteroatoms. The summed E-state index contributed by atoms with van der Waals surface area (Å²) in [4.78, 5) is 0. The van der Waals surface area contributed by atoms with Crippen molar-refractivity contribution in [2.24, 2.45) is 0 Å². The van der Waals surface area contributed by atoms with Crippen LogP contribution in [0.15, 0.2) is 0 Å². The summed E-state index contributed by atoms with van der Waals surface area (Å²) in [6.45, 7) is 7.70. The van der Waals surface area contributed by atoms with Gasteiger partial charge >= 0.3 is 0 Å². The normalized spacial score (nSPS) is 22.7. The third-order valence-corrected chi connectivity index (χ3v) is 4.04. The lowest BCUT2D eigenvalue weighted by atomic mass is 10.0. The summed E-state index contributed by atoms with van der Waals surface area (Å²) in [5, 5.41) is 0. The highest BCUT2D eigenvalue weighted by Crippen LogP contribution is 2.26. The van der Waals surface area contributed by atoms with Crippen molar-refractivity contribution in [3.8, 4) is 0 Å². The molecule has 0 bridgehead atoms. The zero-order chi connectivity index (χ0) is 10.8. The van der Waals surface area contributed by atoms with Gasteiger partial charge < -0.3 is 4.48 Å². The first-order chi connectivity index (χ1) is 6.36. The van der Waals surface area contributed by atoms with Crippen LogP contribution in [0.1, 0.15) is 33.1 Å². The largest absolute Gasteiger partial charge is 0.324 e. The molecule has 84 valence electrons. The van der Waals surface area contributed by atoms with Crippen molar-refractivity contribution >= 4 is 23.6 Å². The van der Waals surface area contributed by atoms with Crippen LogP contribution in [0.2, 0.25) is 0 Å². The van der Waals surface area contributed by atoms with Gasteiger partial charge in [0.05, 0.1) is 32.2 Å². The molecule has 0 unspecified atom stereocenters. The van der Waals surface area contributed by atoms with Crippen LogP contribution in [-0.4, -0.2) is 40.6 Å². The molecule has 2 nitrogen and oxygen atoms in total. The molecule has 14 heavy (non-hydrogen) atoms. The molecule has 0 atom stereocenters. The van der Waals surface area contributed by atoms with Crippen molar-refractivity contribution in [2.75, 3.05) is 26.7 Å². The maximum Gasteiger partial charge on any atom is 0.0992 e. The monoisotopic (exact) mass is 239 g/mol. The molecule has 0 N–H and O–H groups in total. The van der Waals surface area contributed by atoms with E-state index in [0.717, 1.165) is 11.0 Å². The molecular formula is C10H21Cl2N2+. The predicted molar refractivity (Wildman–Crippen MR) is 62.3 cm³/mol. The van der Waals surface area contributed by atoms with E-state index in [2.05, 4.69) is 20.9 Å². The summed E-state index contributed by atoms with van der Waals surface area (Å²) in [5.74, 6) is 0. The molecular weight excluding hydrogens is 219 g/mol. The lowest BCUT2D eigenvalue weighted by Gasteiger charge is -2.43. The second-order valence-electron chi connectivity index (χ2n) is 5.33. The zero-order valence-electron chi connectivity index (χ0n) is 9.39. The van der Waals surface area contributed by atoms with Crippen LogP contribution in [0.4, 0.5) is 0 Å². The summed E-state index contributed by atoms with van der Waals surface area (Å²) in [6.07, 6.45) is 4.04. The minimum atomic E-state index is -0.144. The average Bonchev–Trinajstić information content (AvgIpc) is 2.03. The van der Waals surface area contributed by atoms with Gasteiger partial charge in [-0.25, -0.2) is 0 Å². The van der Waals surface area contributed by atoms with Gasteiger partial charge in [-0.3, -0.25) is 0 Å². The third kappa shape index (κ3) is 3.27. The SMILES string of the molecule is CC(C)(C[N+]1(C)CCCCC1)N(Cl)Cl. The quantitative estimate of drug-likeness (QED) is 0.541. The lowest BCUT2D eigenvalue weighted by Crippen LogP contribution is -2.57. The van der Waals surface area contributed by atoms with Crippen molar-refractivity contribution in [2.45, 2.75) is 38.6 Å². The molecule has 0 amide bonds. The number of hydrogen-bond acceptors (Lipinski definition) is 1. The van der Waals surface area contributed by atoms with Crippen LogP contribution >= 0.6 is 23.6 Å². The Morgan fingerprint density at radius 1 is 1.14 bits per heavy atom. The lowest BCUT2D eigenvalue weighted by molar-refractivity contribution is -0.917. The Bertz CT molecular complexity index is 187. The highest BCUT2D eigenvalue weighted by atomic mass is 35.5. The first-order valence-electron chi connectivity index (χ1n) is 5.31. The van der Waals surface area contributed by atoms with Crippen LogP contribution in [0.25, 0.3) is 0 Å². The molecule has 0 aromatic heterocycles. The molecule has 0 aromatic rings. The first kappa shape index (κ1) is 12.6. The highest BCUT2D eigenvalue weighted by Gasteiger charge is 2.36. The van der Waals surface area contributed by atoms with E-state index in [-0.39, 0.29) is 5.54 Å². The topological polar surface area (TPSA) is 3.24 Å². The smallest absolute Gasteiger partial charge is 0.0992 e. The van der Waals surface area contributed by atoms with Crippen LogP contribution < -0.4 is 0 Å². The Hall–Kier alpha value is 0.500. The van der Waals surface area contributed by atoms with E-state index >= 15 is 0 Å².